The summed E-state index contributed by atoms with van der Waals surface area (Å²) in [4.78, 5) is 34.5. The number of carbonyl (C=O) groups excluding carboxylic acids is 2. The average Bonchev–Trinajstić information content (AvgIpc) is 3.59. The third-order valence-electron chi connectivity index (χ3n) is 7.95. The number of amides is 2. The van der Waals surface area contributed by atoms with Gasteiger partial charge in [0.15, 0.2) is 0 Å². The largest absolute Gasteiger partial charge is 0.379 e. The number of ether oxygens (including phenoxy) is 1. The number of allylic oxidation sites excluding steroid dienone is 1. The van der Waals surface area contributed by atoms with E-state index in [2.05, 4.69) is 35.1 Å². The number of likely N-dealkylation sites (tertiary alicyclic amines) is 1. The Morgan fingerprint density at radius 3 is 2.64 bits per heavy atom. The maximum absolute atomic E-state index is 13.1. The van der Waals surface area contributed by atoms with Gasteiger partial charge in [0.05, 0.1) is 34.0 Å². The summed E-state index contributed by atoms with van der Waals surface area (Å²) in [7, 11) is 0. The molecular weight excluding hydrogens is 562 g/mol. The lowest BCUT2D eigenvalue weighted by atomic mass is 9.94. The van der Waals surface area contributed by atoms with Crippen molar-refractivity contribution in [2.75, 3.05) is 44.7 Å². The Bertz CT molecular complexity index is 1510. The van der Waals surface area contributed by atoms with E-state index >= 15 is 0 Å². The van der Waals surface area contributed by atoms with Gasteiger partial charge in [-0.05, 0) is 51.0 Å². The number of imidazole rings is 1. The molecule has 0 radical (unpaired) electrons. The number of morpholine rings is 1. The topological polar surface area (TPSA) is 103 Å². The number of halogens is 2. The van der Waals surface area contributed by atoms with Crippen LogP contribution < -0.4 is 5.32 Å². The maximum Gasteiger partial charge on any atom is 0.272 e. The summed E-state index contributed by atoms with van der Waals surface area (Å²) in [6.45, 7) is 8.98. The first-order valence-corrected chi connectivity index (χ1v) is 14.8. The molecule has 1 N–H and O–H groups in total. The second-order valence-electron chi connectivity index (χ2n) is 11.2. The highest BCUT2D eigenvalue weighted by atomic mass is 32.1. The molecule has 12 heteroatoms. The van der Waals surface area contributed by atoms with E-state index in [1.165, 1.54) is 12.1 Å². The SMILES string of the molecule is CC(C)(CC/C=C(\C#N)C(=O)N1CC(Cn2c(NC(=O)c3ccc(C(F)F)s3)nc3ccccc32)C1)N1CCOCC1. The molecule has 42 heavy (non-hydrogen) atoms. The van der Waals surface area contributed by atoms with Crippen molar-refractivity contribution < 1.29 is 23.1 Å². The van der Waals surface area contributed by atoms with Crippen molar-refractivity contribution in [3.63, 3.8) is 0 Å². The van der Waals surface area contributed by atoms with Crippen molar-refractivity contribution >= 4 is 40.1 Å². The van der Waals surface area contributed by atoms with Gasteiger partial charge in [-0.3, -0.25) is 19.8 Å². The Balaban J connectivity index is 1.20. The molecule has 2 aliphatic heterocycles. The normalized spacial score (nSPS) is 17.0. The molecule has 0 unspecified atom stereocenters. The van der Waals surface area contributed by atoms with Crippen molar-refractivity contribution in [2.24, 2.45) is 5.92 Å². The summed E-state index contributed by atoms with van der Waals surface area (Å²) < 4.78 is 33.4. The van der Waals surface area contributed by atoms with Crippen LogP contribution in [-0.4, -0.2) is 76.1 Å². The first kappa shape index (κ1) is 29.8. The molecule has 0 spiro atoms. The lowest BCUT2D eigenvalue weighted by Crippen LogP contribution is -2.51. The molecule has 222 valence electrons. The number of hydrogen-bond acceptors (Lipinski definition) is 7. The zero-order valence-corrected chi connectivity index (χ0v) is 24.5. The van der Waals surface area contributed by atoms with Crippen LogP contribution in [0, 0.1) is 17.2 Å². The van der Waals surface area contributed by atoms with Crippen LogP contribution in [0.1, 0.15) is 47.7 Å². The quantitative estimate of drug-likeness (QED) is 0.259. The first-order chi connectivity index (χ1) is 20.2. The van der Waals surface area contributed by atoms with Crippen molar-refractivity contribution in [3.8, 4) is 6.07 Å². The van der Waals surface area contributed by atoms with Crippen molar-refractivity contribution in [2.45, 2.75) is 45.2 Å². The Labute approximate surface area is 247 Å². The van der Waals surface area contributed by atoms with Gasteiger partial charge in [0, 0.05) is 44.2 Å². The van der Waals surface area contributed by atoms with Crippen molar-refractivity contribution in [3.05, 3.63) is 57.8 Å². The van der Waals surface area contributed by atoms with Crippen LogP contribution in [0.15, 0.2) is 48.0 Å². The summed E-state index contributed by atoms with van der Waals surface area (Å²) in [5.41, 5.74) is 1.61. The van der Waals surface area contributed by atoms with Gasteiger partial charge in [0.2, 0.25) is 5.95 Å². The number of nitrogens with one attached hydrogen (secondary N) is 1. The van der Waals surface area contributed by atoms with E-state index < -0.39 is 12.3 Å². The van der Waals surface area contributed by atoms with Crippen LogP contribution in [0.5, 0.6) is 0 Å². The number of thiophene rings is 1. The zero-order chi connectivity index (χ0) is 29.9. The van der Waals surface area contributed by atoms with E-state index in [4.69, 9.17) is 4.74 Å². The van der Waals surface area contributed by atoms with E-state index in [-0.39, 0.29) is 32.7 Å². The minimum absolute atomic E-state index is 0.0544. The molecule has 2 fully saturated rings. The number of fused-ring (bicyclic) bond motifs is 1. The summed E-state index contributed by atoms with van der Waals surface area (Å²) in [5, 5.41) is 12.5. The van der Waals surface area contributed by atoms with Crippen LogP contribution in [0.4, 0.5) is 14.7 Å². The Morgan fingerprint density at radius 1 is 1.21 bits per heavy atom. The van der Waals surface area contributed by atoms with Gasteiger partial charge in [-0.15, -0.1) is 11.3 Å². The molecule has 0 aliphatic carbocycles. The minimum atomic E-state index is -2.64. The number of nitriles is 1. The van der Waals surface area contributed by atoms with E-state index in [9.17, 15) is 23.6 Å². The highest BCUT2D eigenvalue weighted by Gasteiger charge is 2.34. The third kappa shape index (κ3) is 6.53. The molecule has 0 bridgehead atoms. The Kier molecular flexibility index (Phi) is 9.01. The van der Waals surface area contributed by atoms with E-state index in [0.29, 0.717) is 37.5 Å². The molecule has 2 aromatic heterocycles. The van der Waals surface area contributed by atoms with Gasteiger partial charge in [-0.25, -0.2) is 13.8 Å². The number of alkyl halides is 2. The molecule has 3 aromatic rings. The fourth-order valence-electron chi connectivity index (χ4n) is 5.47. The maximum atomic E-state index is 13.1. The zero-order valence-electron chi connectivity index (χ0n) is 23.7. The minimum Gasteiger partial charge on any atom is -0.379 e. The Hall–Kier alpha value is -3.66. The van der Waals surface area contributed by atoms with Crippen molar-refractivity contribution in [1.82, 2.24) is 19.4 Å². The fourth-order valence-corrected chi connectivity index (χ4v) is 6.23. The molecule has 0 saturated carbocycles. The lowest BCUT2D eigenvalue weighted by Gasteiger charge is -2.41. The highest BCUT2D eigenvalue weighted by Crippen LogP contribution is 2.30. The standard InChI is InChI=1S/C30H34F2N6O3S/c1-30(2,37-12-14-41-15-13-37)11-5-6-21(16-33)28(40)36-17-20(18-36)19-38-23-8-4-3-7-22(23)34-29(38)35-27(39)25-10-9-24(42-25)26(31)32/h3-4,6-10,20,26H,5,11-15,17-19H2,1-2H3,(H,34,35,39)/b21-6+. The molecular formula is C30H34F2N6O3S. The van der Waals surface area contributed by atoms with E-state index in [1.807, 2.05) is 28.8 Å². The Morgan fingerprint density at radius 2 is 1.95 bits per heavy atom. The number of para-hydroxylation sites is 2. The highest BCUT2D eigenvalue weighted by molar-refractivity contribution is 7.14. The number of rotatable bonds is 10. The smallest absolute Gasteiger partial charge is 0.272 e. The summed E-state index contributed by atoms with van der Waals surface area (Å²) in [6.07, 6.45) is 0.566. The van der Waals surface area contributed by atoms with Gasteiger partial charge in [-0.2, -0.15) is 5.26 Å². The van der Waals surface area contributed by atoms with Gasteiger partial charge in [0.1, 0.15) is 11.6 Å². The molecule has 2 amide bonds. The summed E-state index contributed by atoms with van der Waals surface area (Å²) in [6, 6.07) is 12.2. The van der Waals surface area contributed by atoms with Gasteiger partial charge in [-0.1, -0.05) is 18.2 Å². The van der Waals surface area contributed by atoms with Crippen LogP contribution in [0.2, 0.25) is 0 Å². The van der Waals surface area contributed by atoms with Crippen LogP contribution in [0.3, 0.4) is 0 Å². The molecule has 1 aromatic carbocycles. The first-order valence-electron chi connectivity index (χ1n) is 14.0. The van der Waals surface area contributed by atoms with Crippen LogP contribution in [0.25, 0.3) is 11.0 Å². The number of hydrogen-bond donors (Lipinski definition) is 1. The number of carbonyl (C=O) groups is 2. The van der Waals surface area contributed by atoms with Crippen LogP contribution in [-0.2, 0) is 16.1 Å². The monoisotopic (exact) mass is 596 g/mol. The van der Waals surface area contributed by atoms with Gasteiger partial charge < -0.3 is 14.2 Å². The third-order valence-corrected chi connectivity index (χ3v) is 9.04. The number of aromatic nitrogens is 2. The van der Waals surface area contributed by atoms with Gasteiger partial charge in [0.25, 0.3) is 18.2 Å². The van der Waals surface area contributed by atoms with Crippen molar-refractivity contribution in [1.29, 1.82) is 5.26 Å². The molecule has 4 heterocycles. The van der Waals surface area contributed by atoms with E-state index in [0.717, 1.165) is 49.6 Å². The summed E-state index contributed by atoms with van der Waals surface area (Å²) in [5.74, 6) is -0.364. The molecule has 0 atom stereocenters. The number of nitrogens with zero attached hydrogens (tertiary/aromatic N) is 5. The number of benzene rings is 1. The summed E-state index contributed by atoms with van der Waals surface area (Å²) >= 11 is 0.751. The molecule has 2 saturated heterocycles. The lowest BCUT2D eigenvalue weighted by molar-refractivity contribution is -0.133. The molecule has 5 rings (SSSR count). The predicted octanol–water partition coefficient (Wildman–Crippen LogP) is 5.09. The average molecular weight is 597 g/mol. The second kappa shape index (κ2) is 12.7. The van der Waals surface area contributed by atoms with Crippen LogP contribution >= 0.6 is 11.3 Å². The molecule has 9 nitrogen and oxygen atoms in total. The fraction of sp³-hybridized carbons (Fsp3) is 0.467. The van der Waals surface area contributed by atoms with E-state index in [1.54, 1.807) is 11.0 Å². The van der Waals surface area contributed by atoms with Gasteiger partial charge >= 0.3 is 0 Å². The molecule has 2 aliphatic rings. The number of anilines is 1. The predicted molar refractivity (Wildman–Crippen MR) is 156 cm³/mol. The second-order valence-corrected chi connectivity index (χ2v) is 12.4.